The Hall–Kier alpha value is -8.36. The zero-order valence-electron chi connectivity index (χ0n) is 37.5. The minimum Gasteiger partial charge on any atom is -0.478 e. The van der Waals surface area contributed by atoms with Gasteiger partial charge in [-0.15, -0.1) is 0 Å². The molecule has 2 aliphatic rings. The lowest BCUT2D eigenvalue weighted by Crippen LogP contribution is -2.32. The van der Waals surface area contributed by atoms with Crippen molar-refractivity contribution >= 4 is 48.1 Å². The molecule has 20 nitrogen and oxygen atoms in total. The molecule has 2 saturated heterocycles. The Morgan fingerprint density at radius 2 is 0.871 bits per heavy atom. The van der Waals surface area contributed by atoms with Gasteiger partial charge in [0.25, 0.3) is 0 Å². The van der Waals surface area contributed by atoms with Gasteiger partial charge in [-0.3, -0.25) is 0 Å². The van der Waals surface area contributed by atoms with E-state index in [2.05, 4.69) is 13.2 Å². The van der Waals surface area contributed by atoms with Crippen LogP contribution < -0.4 is 18.9 Å². The topological polar surface area (TPSA) is 258 Å². The predicted octanol–water partition coefficient (Wildman–Crippen LogP) is 7.27. The summed E-state index contributed by atoms with van der Waals surface area (Å²) >= 11 is 0. The van der Waals surface area contributed by atoms with Gasteiger partial charge in [-0.25, -0.2) is 38.4 Å². The maximum atomic E-state index is 12.5. The van der Waals surface area contributed by atoms with Crippen LogP contribution in [-0.4, -0.2) is 111 Å². The molecule has 20 heteroatoms. The first-order valence-corrected chi connectivity index (χ1v) is 21.6. The highest BCUT2D eigenvalue weighted by molar-refractivity contribution is 5.93. The molecule has 1 unspecified atom stereocenters. The SMILES string of the molecule is C=CC(=O)OCCCCOC(=O)Oc1ccc(C(=O)Oc2ccc(C(=O)O)cc2)cc1.C=CC(=O)OCCCCOC(=O)Oc1ccc(C(=O)Oc2ccc(C(=O)OC3CO[C@@H]4CCO[C@H]34)cc2)cc1. The monoisotopic (exact) mass is 968 g/mol. The third-order valence-corrected chi connectivity index (χ3v) is 9.71. The van der Waals surface area contributed by atoms with Gasteiger partial charge in [0.05, 0.1) is 61.4 Å². The molecule has 0 saturated carbocycles. The fourth-order valence-electron chi connectivity index (χ4n) is 6.15. The standard InChI is InChI=1S/C28H28O11.C22H20O9/c1-2-24(29)33-14-3-4-15-35-28(32)38-21-11-7-18(8-12-21)26(30)37-20-9-5-19(6-10-20)27(31)39-23-17-36-22-13-16-34-25(22)23;1-2-19(23)28-13-3-4-14-29-22(27)31-18-11-7-16(8-12-18)21(26)30-17-9-5-15(6-10-17)20(24)25/h2,5-12,22-23,25H,1,3-4,13-17H2;2,5-12H,1,3-4,13-14H2,(H,24,25)/t22-,23?,25+;/m1./s1. The van der Waals surface area contributed by atoms with E-state index in [0.29, 0.717) is 44.5 Å². The van der Waals surface area contributed by atoms with Gasteiger partial charge >= 0.3 is 48.1 Å². The van der Waals surface area contributed by atoms with E-state index in [-0.39, 0.29) is 78.3 Å². The molecular weight excluding hydrogens is 921 g/mol. The summed E-state index contributed by atoms with van der Waals surface area (Å²) in [6.45, 7) is 8.05. The average molecular weight is 969 g/mol. The predicted molar refractivity (Wildman–Crippen MR) is 241 cm³/mol. The van der Waals surface area contributed by atoms with E-state index in [1.165, 1.54) is 97.1 Å². The van der Waals surface area contributed by atoms with E-state index in [0.717, 1.165) is 18.6 Å². The van der Waals surface area contributed by atoms with E-state index in [4.69, 9.17) is 57.2 Å². The summed E-state index contributed by atoms with van der Waals surface area (Å²) < 4.78 is 56.8. The first-order chi connectivity index (χ1) is 33.8. The molecule has 2 aliphatic heterocycles. The Balaban J connectivity index is 0.000000268. The number of carboxylic acid groups (broad SMARTS) is 1. The second kappa shape index (κ2) is 27.5. The van der Waals surface area contributed by atoms with Gasteiger partial charge in [-0.2, -0.15) is 0 Å². The highest BCUT2D eigenvalue weighted by atomic mass is 16.7. The molecule has 0 bridgehead atoms. The maximum absolute atomic E-state index is 12.5. The number of carbonyl (C=O) groups is 8. The number of hydrogen-bond donors (Lipinski definition) is 1. The third-order valence-electron chi connectivity index (χ3n) is 9.71. The summed E-state index contributed by atoms with van der Waals surface area (Å²) in [5.41, 5.74) is 0.808. The highest BCUT2D eigenvalue weighted by Crippen LogP contribution is 2.29. The van der Waals surface area contributed by atoms with Gasteiger partial charge in [0.1, 0.15) is 29.1 Å². The molecule has 0 radical (unpaired) electrons. The van der Waals surface area contributed by atoms with E-state index < -0.39 is 54.2 Å². The van der Waals surface area contributed by atoms with Crippen LogP contribution in [0.3, 0.4) is 0 Å². The second-order valence-corrected chi connectivity index (χ2v) is 14.7. The zero-order valence-corrected chi connectivity index (χ0v) is 37.5. The molecule has 1 N–H and O–H groups in total. The molecule has 0 amide bonds. The minimum atomic E-state index is -1.08. The highest BCUT2D eigenvalue weighted by Gasteiger charge is 2.44. The lowest BCUT2D eigenvalue weighted by Gasteiger charge is -2.16. The first kappa shape index (κ1) is 52.6. The van der Waals surface area contributed by atoms with E-state index >= 15 is 0 Å². The number of fused-ring (bicyclic) bond motifs is 1. The number of unbranched alkanes of at least 4 members (excludes halogenated alkanes) is 2. The van der Waals surface area contributed by atoms with Crippen molar-refractivity contribution < 1.29 is 95.6 Å². The van der Waals surface area contributed by atoms with Crippen molar-refractivity contribution in [3.05, 3.63) is 145 Å². The van der Waals surface area contributed by atoms with Gasteiger partial charge < -0.3 is 57.2 Å². The molecule has 0 aliphatic carbocycles. The summed E-state index contributed by atoms with van der Waals surface area (Å²) in [7, 11) is 0. The average Bonchev–Trinajstić information content (AvgIpc) is 3.99. The molecular formula is C50H48O20. The minimum absolute atomic E-state index is 0.0303. The molecule has 0 aromatic heterocycles. The Kier molecular flexibility index (Phi) is 20.6. The van der Waals surface area contributed by atoms with Crippen LogP contribution in [0, 0.1) is 0 Å². The van der Waals surface area contributed by atoms with Crippen LogP contribution in [0.2, 0.25) is 0 Å². The molecule has 4 aromatic carbocycles. The molecule has 4 aromatic rings. The van der Waals surface area contributed by atoms with E-state index in [1.807, 2.05) is 0 Å². The number of carboxylic acids is 1. The van der Waals surface area contributed by atoms with Crippen molar-refractivity contribution in [2.24, 2.45) is 0 Å². The van der Waals surface area contributed by atoms with Gasteiger partial charge in [-0.1, -0.05) is 13.2 Å². The summed E-state index contributed by atoms with van der Waals surface area (Å²) in [5, 5.41) is 8.86. The van der Waals surface area contributed by atoms with Crippen molar-refractivity contribution in [3.8, 4) is 23.0 Å². The van der Waals surface area contributed by atoms with Crippen LogP contribution in [0.15, 0.2) is 122 Å². The summed E-state index contributed by atoms with van der Waals surface area (Å²) in [5.74, 6) is -3.12. The van der Waals surface area contributed by atoms with Gasteiger partial charge in [0.2, 0.25) is 0 Å². The van der Waals surface area contributed by atoms with Crippen molar-refractivity contribution in [1.29, 1.82) is 0 Å². The van der Waals surface area contributed by atoms with Crippen molar-refractivity contribution in [2.75, 3.05) is 39.6 Å². The number of hydrogen-bond acceptors (Lipinski definition) is 19. The van der Waals surface area contributed by atoms with E-state index in [9.17, 15) is 38.4 Å². The zero-order chi connectivity index (χ0) is 50.3. The first-order valence-electron chi connectivity index (χ1n) is 21.6. The number of carbonyl (C=O) groups excluding carboxylic acids is 7. The smallest absolute Gasteiger partial charge is 0.478 e. The summed E-state index contributed by atoms with van der Waals surface area (Å²) in [6, 6.07) is 22.7. The van der Waals surface area contributed by atoms with Gasteiger partial charge in [0.15, 0.2) is 6.10 Å². The molecule has 0 spiro atoms. The molecule has 2 fully saturated rings. The normalized spacial score (nSPS) is 15.2. The van der Waals surface area contributed by atoms with Gasteiger partial charge in [0, 0.05) is 18.8 Å². The summed E-state index contributed by atoms with van der Waals surface area (Å²) in [4.78, 5) is 93.2. The van der Waals surface area contributed by atoms with Crippen LogP contribution in [-0.2, 0) is 42.7 Å². The summed E-state index contributed by atoms with van der Waals surface area (Å²) in [6.07, 6.45) is 2.42. The molecule has 2 heterocycles. The lowest BCUT2D eigenvalue weighted by atomic mass is 10.1. The number of aromatic carboxylic acids is 1. The molecule has 6 rings (SSSR count). The maximum Gasteiger partial charge on any atom is 0.513 e. The number of ether oxygens (including phenoxy) is 11. The second-order valence-electron chi connectivity index (χ2n) is 14.7. The van der Waals surface area contributed by atoms with Crippen molar-refractivity contribution in [2.45, 2.75) is 50.4 Å². The van der Waals surface area contributed by atoms with Crippen LogP contribution in [0.1, 0.15) is 73.5 Å². The Labute approximate surface area is 400 Å². The van der Waals surface area contributed by atoms with E-state index in [1.54, 1.807) is 0 Å². The number of benzene rings is 4. The van der Waals surface area contributed by atoms with Crippen molar-refractivity contribution in [3.63, 3.8) is 0 Å². The molecule has 70 heavy (non-hydrogen) atoms. The van der Waals surface area contributed by atoms with Crippen LogP contribution >= 0.6 is 0 Å². The van der Waals surface area contributed by atoms with Crippen LogP contribution in [0.25, 0.3) is 0 Å². The Morgan fingerprint density at radius 3 is 1.27 bits per heavy atom. The fraction of sp³-hybridized carbons (Fsp3) is 0.280. The molecule has 3 atom stereocenters. The molecule has 368 valence electrons. The fourth-order valence-corrected chi connectivity index (χ4v) is 6.15. The van der Waals surface area contributed by atoms with Gasteiger partial charge in [-0.05, 0) is 129 Å². The van der Waals surface area contributed by atoms with Crippen LogP contribution in [0.4, 0.5) is 9.59 Å². The van der Waals surface area contributed by atoms with Crippen molar-refractivity contribution in [1.82, 2.24) is 0 Å². The lowest BCUT2D eigenvalue weighted by molar-refractivity contribution is -0.138. The van der Waals surface area contributed by atoms with Crippen LogP contribution in [0.5, 0.6) is 23.0 Å². The quantitative estimate of drug-likeness (QED) is 0.0215. The number of rotatable bonds is 21. The largest absolute Gasteiger partial charge is 0.513 e. The third kappa shape index (κ3) is 17.4. The Bertz CT molecular complexity index is 2450. The Morgan fingerprint density at radius 1 is 0.500 bits per heavy atom. The number of esters is 5.